The summed E-state index contributed by atoms with van der Waals surface area (Å²) in [5.41, 5.74) is 1.04. The van der Waals surface area contributed by atoms with Gasteiger partial charge in [-0.1, -0.05) is 29.3 Å². The monoisotopic (exact) mass is 425 g/mol. The highest BCUT2D eigenvalue weighted by molar-refractivity contribution is 6.36. The normalized spacial score (nSPS) is 11.5. The quantitative estimate of drug-likeness (QED) is 0.352. The van der Waals surface area contributed by atoms with Gasteiger partial charge in [-0.2, -0.15) is 0 Å². The number of ether oxygens (including phenoxy) is 1. The summed E-state index contributed by atoms with van der Waals surface area (Å²) in [7, 11) is 0. The molecule has 2 aromatic carbocycles. The third kappa shape index (κ3) is 5.87. The molecule has 0 bridgehead atoms. The molecule has 1 amide bonds. The number of phenols is 1. The Morgan fingerprint density at radius 2 is 1.86 bits per heavy atom. The predicted molar refractivity (Wildman–Crippen MR) is 104 cm³/mol. The van der Waals surface area contributed by atoms with Crippen LogP contribution in [0.25, 0.3) is 0 Å². The van der Waals surface area contributed by atoms with Gasteiger partial charge in [0.2, 0.25) is 5.91 Å². The van der Waals surface area contributed by atoms with Crippen molar-refractivity contribution in [3.8, 4) is 11.5 Å². The Bertz CT molecular complexity index is 915. The van der Waals surface area contributed by atoms with Gasteiger partial charge < -0.3 is 20.3 Å². The number of anilines is 1. The van der Waals surface area contributed by atoms with Crippen molar-refractivity contribution in [2.24, 2.45) is 5.92 Å². The zero-order valence-electron chi connectivity index (χ0n) is 14.7. The number of carbonyl (C=O) groups excluding carboxylic acids is 2. The maximum absolute atomic E-state index is 12.1. The van der Waals surface area contributed by atoms with Crippen LogP contribution in [0, 0.1) is 5.92 Å². The molecule has 0 heterocycles. The van der Waals surface area contributed by atoms with E-state index in [2.05, 4.69) is 5.32 Å². The molecule has 0 aliphatic carbocycles. The van der Waals surface area contributed by atoms with E-state index >= 15 is 0 Å². The first-order valence-corrected chi connectivity index (χ1v) is 8.94. The fraction of sp³-hybridized carbons (Fsp3) is 0.211. The average molecular weight is 426 g/mol. The maximum Gasteiger partial charge on any atom is 0.325 e. The highest BCUT2D eigenvalue weighted by atomic mass is 35.5. The smallest absolute Gasteiger partial charge is 0.325 e. The predicted octanol–water partition coefficient (Wildman–Crippen LogP) is 3.90. The van der Waals surface area contributed by atoms with E-state index in [0.29, 0.717) is 21.3 Å². The maximum atomic E-state index is 12.1. The van der Waals surface area contributed by atoms with Gasteiger partial charge in [0.15, 0.2) is 17.4 Å². The van der Waals surface area contributed by atoms with Crippen LogP contribution in [0.2, 0.25) is 10.0 Å². The van der Waals surface area contributed by atoms with Gasteiger partial charge in [0.05, 0.1) is 10.7 Å². The van der Waals surface area contributed by atoms with E-state index in [1.807, 2.05) is 0 Å². The number of phenolic OH excluding ortho intramolecular Hbond substituents is 1. The summed E-state index contributed by atoms with van der Waals surface area (Å²) in [6.07, 6.45) is 0.388. The van der Waals surface area contributed by atoms with Crippen molar-refractivity contribution in [2.45, 2.75) is 19.8 Å². The first-order chi connectivity index (χ1) is 13.2. The summed E-state index contributed by atoms with van der Waals surface area (Å²) >= 11 is 11.8. The lowest BCUT2D eigenvalue weighted by atomic mass is 10.1. The molecule has 0 saturated carbocycles. The minimum atomic E-state index is -1.38. The molecular formula is C19H17Cl2NO6. The second kappa shape index (κ2) is 9.43. The van der Waals surface area contributed by atoms with Crippen molar-refractivity contribution in [3.05, 3.63) is 52.0 Å². The van der Waals surface area contributed by atoms with Crippen molar-refractivity contribution in [2.75, 3.05) is 5.32 Å². The highest BCUT2D eigenvalue weighted by Crippen LogP contribution is 2.29. The first kappa shape index (κ1) is 21.5. The lowest BCUT2D eigenvalue weighted by Gasteiger charge is -2.11. The van der Waals surface area contributed by atoms with Crippen LogP contribution in [-0.2, 0) is 20.8 Å². The van der Waals surface area contributed by atoms with Gasteiger partial charge in [-0.15, -0.1) is 0 Å². The zero-order valence-corrected chi connectivity index (χ0v) is 16.3. The lowest BCUT2D eigenvalue weighted by Crippen LogP contribution is -2.25. The molecule has 2 aromatic rings. The number of aryl methyl sites for hydroxylation is 1. The molecule has 9 heteroatoms. The van der Waals surface area contributed by atoms with Gasteiger partial charge in [-0.3, -0.25) is 14.4 Å². The van der Waals surface area contributed by atoms with Crippen LogP contribution in [0.4, 0.5) is 5.69 Å². The third-order valence-electron chi connectivity index (χ3n) is 3.80. The fourth-order valence-electron chi connectivity index (χ4n) is 2.15. The number of nitrogens with one attached hydrogen (secondary N) is 1. The molecule has 0 spiro atoms. The number of hydrogen-bond donors (Lipinski definition) is 3. The summed E-state index contributed by atoms with van der Waals surface area (Å²) in [4.78, 5) is 34.7. The summed E-state index contributed by atoms with van der Waals surface area (Å²) in [6.45, 7) is 1.18. The van der Waals surface area contributed by atoms with Gasteiger partial charge >= 0.3 is 11.9 Å². The molecular weight excluding hydrogens is 409 g/mol. The minimum Gasteiger partial charge on any atom is -0.504 e. The molecule has 0 aromatic heterocycles. The van der Waals surface area contributed by atoms with Crippen molar-refractivity contribution in [1.29, 1.82) is 0 Å². The molecule has 0 saturated heterocycles. The number of hydrogen-bond acceptors (Lipinski definition) is 5. The average Bonchev–Trinajstić information content (AvgIpc) is 2.63. The molecule has 148 valence electrons. The Labute approximate surface area is 170 Å². The number of aliphatic carboxylic acids is 1. The van der Waals surface area contributed by atoms with Gasteiger partial charge in [0.1, 0.15) is 0 Å². The number of carboxylic acid groups (broad SMARTS) is 1. The topological polar surface area (TPSA) is 113 Å². The Hall–Kier alpha value is -2.77. The number of carbonyl (C=O) groups is 3. The summed E-state index contributed by atoms with van der Waals surface area (Å²) in [6, 6.07) is 8.95. The van der Waals surface area contributed by atoms with Gasteiger partial charge in [0.25, 0.3) is 0 Å². The molecule has 28 heavy (non-hydrogen) atoms. The van der Waals surface area contributed by atoms with Crippen LogP contribution >= 0.6 is 23.2 Å². The Morgan fingerprint density at radius 3 is 2.50 bits per heavy atom. The van der Waals surface area contributed by atoms with Crippen LogP contribution in [0.15, 0.2) is 36.4 Å². The minimum absolute atomic E-state index is 0.0998. The highest BCUT2D eigenvalue weighted by Gasteiger charge is 2.23. The number of halogens is 2. The second-order valence-corrected chi connectivity index (χ2v) is 6.80. The first-order valence-electron chi connectivity index (χ1n) is 8.18. The lowest BCUT2D eigenvalue weighted by molar-refractivity contribution is -0.152. The summed E-state index contributed by atoms with van der Waals surface area (Å²) in [5.74, 6) is -4.50. The Morgan fingerprint density at radius 1 is 1.14 bits per heavy atom. The van der Waals surface area contributed by atoms with Gasteiger partial charge in [-0.05, 0) is 49.2 Å². The zero-order chi connectivity index (χ0) is 20.8. The van der Waals surface area contributed by atoms with Crippen molar-refractivity contribution < 1.29 is 29.3 Å². The second-order valence-electron chi connectivity index (χ2n) is 5.96. The molecule has 0 fully saturated rings. The van der Waals surface area contributed by atoms with E-state index in [1.165, 1.54) is 25.1 Å². The number of rotatable bonds is 7. The third-order valence-corrected chi connectivity index (χ3v) is 4.35. The number of benzene rings is 2. The summed E-state index contributed by atoms with van der Waals surface area (Å²) in [5, 5.41) is 22.1. The van der Waals surface area contributed by atoms with E-state index < -0.39 is 17.9 Å². The van der Waals surface area contributed by atoms with E-state index in [1.54, 1.807) is 18.2 Å². The largest absolute Gasteiger partial charge is 0.504 e. The number of amides is 1. The molecule has 1 atom stereocenters. The molecule has 1 unspecified atom stereocenters. The molecule has 0 aliphatic heterocycles. The van der Waals surface area contributed by atoms with Crippen LogP contribution in [0.3, 0.4) is 0 Å². The van der Waals surface area contributed by atoms with E-state index in [4.69, 9.17) is 33.0 Å². The molecule has 0 aliphatic rings. The van der Waals surface area contributed by atoms with E-state index in [9.17, 15) is 19.5 Å². The molecule has 0 radical (unpaired) electrons. The number of esters is 1. The van der Waals surface area contributed by atoms with Crippen LogP contribution in [0.5, 0.6) is 11.5 Å². The SMILES string of the molecule is CC(C(=O)O)C(=O)Oc1cc(CCC(=O)Nc2ccc(Cl)cc2Cl)ccc1O. The molecule has 2 rings (SSSR count). The van der Waals surface area contributed by atoms with Crippen molar-refractivity contribution >= 4 is 46.7 Å². The summed E-state index contributed by atoms with van der Waals surface area (Å²) < 4.78 is 4.94. The molecule has 7 nitrogen and oxygen atoms in total. The van der Waals surface area contributed by atoms with Crippen LogP contribution < -0.4 is 10.1 Å². The van der Waals surface area contributed by atoms with Crippen molar-refractivity contribution in [1.82, 2.24) is 0 Å². The van der Waals surface area contributed by atoms with Crippen LogP contribution in [0.1, 0.15) is 18.9 Å². The van der Waals surface area contributed by atoms with Gasteiger partial charge in [-0.25, -0.2) is 0 Å². The number of aromatic hydroxyl groups is 1. The van der Waals surface area contributed by atoms with Crippen molar-refractivity contribution in [3.63, 3.8) is 0 Å². The van der Waals surface area contributed by atoms with Gasteiger partial charge in [0, 0.05) is 11.4 Å². The fourth-order valence-corrected chi connectivity index (χ4v) is 2.61. The molecule has 3 N–H and O–H groups in total. The van der Waals surface area contributed by atoms with Crippen LogP contribution in [-0.4, -0.2) is 28.1 Å². The number of carboxylic acids is 1. The van der Waals surface area contributed by atoms with E-state index in [-0.39, 0.29) is 30.2 Å². The van der Waals surface area contributed by atoms with E-state index in [0.717, 1.165) is 0 Å². The Balaban J connectivity index is 1.99. The Kier molecular flexibility index (Phi) is 7.25. The standard InChI is InChI=1S/C19H17Cl2NO6/c1-10(18(25)26)19(27)28-16-8-11(2-6-15(16)23)3-7-17(24)22-14-5-4-12(20)9-13(14)21/h2,4-6,8-10,23H,3,7H2,1H3,(H,22,24)(H,25,26).